The molecule has 2 fully saturated rings. The molecule has 0 saturated carbocycles. The number of carbonyl (C=O) groups excluding carboxylic acids is 1. The normalized spacial score (nSPS) is 20.5. The molecule has 1 aromatic rings. The zero-order chi connectivity index (χ0) is 20.1. The SMILES string of the molecule is COc1ccc(S(=O)(=O)N2CCCCCC2)cc1C(=O)NN1CCN(C)CC1. The lowest BCUT2D eigenvalue weighted by Crippen LogP contribution is -2.52. The molecule has 156 valence electrons. The summed E-state index contributed by atoms with van der Waals surface area (Å²) in [6, 6.07) is 4.51. The van der Waals surface area contributed by atoms with Gasteiger partial charge in [0.15, 0.2) is 0 Å². The van der Waals surface area contributed by atoms with Crippen molar-refractivity contribution >= 4 is 15.9 Å². The quantitative estimate of drug-likeness (QED) is 0.784. The van der Waals surface area contributed by atoms with Crippen LogP contribution in [-0.4, -0.2) is 82.0 Å². The number of hydrazine groups is 1. The van der Waals surface area contributed by atoms with Gasteiger partial charge in [0.1, 0.15) is 5.75 Å². The van der Waals surface area contributed by atoms with Gasteiger partial charge in [-0.1, -0.05) is 12.8 Å². The number of hydrogen-bond acceptors (Lipinski definition) is 6. The molecule has 0 spiro atoms. The highest BCUT2D eigenvalue weighted by atomic mass is 32.2. The number of rotatable bonds is 5. The molecule has 0 radical (unpaired) electrons. The minimum absolute atomic E-state index is 0.138. The van der Waals surface area contributed by atoms with Gasteiger partial charge in [0, 0.05) is 39.3 Å². The van der Waals surface area contributed by atoms with E-state index in [0.717, 1.165) is 51.9 Å². The van der Waals surface area contributed by atoms with Crippen LogP contribution in [0.1, 0.15) is 36.0 Å². The molecule has 2 aliphatic rings. The van der Waals surface area contributed by atoms with Crippen molar-refractivity contribution in [3.8, 4) is 5.75 Å². The van der Waals surface area contributed by atoms with Crippen LogP contribution >= 0.6 is 0 Å². The molecule has 0 unspecified atom stereocenters. The highest BCUT2D eigenvalue weighted by Crippen LogP contribution is 2.26. The van der Waals surface area contributed by atoms with Crippen molar-refractivity contribution in [3.05, 3.63) is 23.8 Å². The molecule has 1 aromatic carbocycles. The minimum atomic E-state index is -3.63. The predicted octanol–water partition coefficient (Wildman–Crippen LogP) is 1.15. The van der Waals surface area contributed by atoms with Gasteiger partial charge in [-0.05, 0) is 38.1 Å². The van der Waals surface area contributed by atoms with Gasteiger partial charge in [-0.3, -0.25) is 10.2 Å². The van der Waals surface area contributed by atoms with E-state index in [1.54, 1.807) is 6.07 Å². The first-order valence-electron chi connectivity index (χ1n) is 9.84. The third-order valence-electron chi connectivity index (χ3n) is 5.38. The third-order valence-corrected chi connectivity index (χ3v) is 7.28. The fourth-order valence-corrected chi connectivity index (χ4v) is 5.12. The van der Waals surface area contributed by atoms with Crippen molar-refractivity contribution in [1.29, 1.82) is 0 Å². The van der Waals surface area contributed by atoms with E-state index in [1.165, 1.54) is 23.5 Å². The zero-order valence-electron chi connectivity index (χ0n) is 16.7. The molecule has 8 nitrogen and oxygen atoms in total. The van der Waals surface area contributed by atoms with Crippen molar-refractivity contribution in [2.45, 2.75) is 30.6 Å². The summed E-state index contributed by atoms with van der Waals surface area (Å²) >= 11 is 0. The average molecular weight is 411 g/mol. The topological polar surface area (TPSA) is 82.2 Å². The Bertz CT molecular complexity index is 783. The van der Waals surface area contributed by atoms with E-state index in [-0.39, 0.29) is 16.4 Å². The van der Waals surface area contributed by atoms with E-state index in [0.29, 0.717) is 18.8 Å². The maximum absolute atomic E-state index is 13.1. The van der Waals surface area contributed by atoms with Gasteiger partial charge in [-0.15, -0.1) is 0 Å². The second kappa shape index (κ2) is 9.21. The number of sulfonamides is 1. The summed E-state index contributed by atoms with van der Waals surface area (Å²) in [6.07, 6.45) is 3.83. The van der Waals surface area contributed by atoms with Gasteiger partial charge in [0.25, 0.3) is 5.91 Å². The summed E-state index contributed by atoms with van der Waals surface area (Å²) in [5, 5.41) is 1.86. The Labute approximate surface area is 167 Å². The summed E-state index contributed by atoms with van der Waals surface area (Å²) in [7, 11) is -0.111. The highest BCUT2D eigenvalue weighted by Gasteiger charge is 2.27. The molecule has 0 aromatic heterocycles. The molecule has 0 aliphatic carbocycles. The number of hydrogen-bond donors (Lipinski definition) is 1. The molecule has 2 heterocycles. The van der Waals surface area contributed by atoms with Gasteiger partial charge in [0.2, 0.25) is 10.0 Å². The van der Waals surface area contributed by atoms with E-state index in [1.807, 2.05) is 12.1 Å². The largest absolute Gasteiger partial charge is 0.496 e. The molecule has 2 saturated heterocycles. The van der Waals surface area contributed by atoms with Crippen LogP contribution in [0.2, 0.25) is 0 Å². The smallest absolute Gasteiger partial charge is 0.269 e. The van der Waals surface area contributed by atoms with Crippen molar-refractivity contribution in [3.63, 3.8) is 0 Å². The number of likely N-dealkylation sites (N-methyl/N-ethyl adjacent to an activating group) is 1. The molecule has 1 N–H and O–H groups in total. The first-order chi connectivity index (χ1) is 13.4. The Hall–Kier alpha value is -1.68. The molecule has 0 bridgehead atoms. The summed E-state index contributed by atoms with van der Waals surface area (Å²) in [5.74, 6) is 0.00997. The number of piperazine rings is 1. The monoisotopic (exact) mass is 410 g/mol. The van der Waals surface area contributed by atoms with Crippen molar-refractivity contribution in [1.82, 2.24) is 19.6 Å². The first kappa shape index (κ1) is 21.0. The Kier molecular flexibility index (Phi) is 6.92. The fraction of sp³-hybridized carbons (Fsp3) is 0.632. The predicted molar refractivity (Wildman–Crippen MR) is 107 cm³/mol. The first-order valence-corrected chi connectivity index (χ1v) is 11.3. The van der Waals surface area contributed by atoms with Gasteiger partial charge < -0.3 is 9.64 Å². The van der Waals surface area contributed by atoms with Gasteiger partial charge in [-0.25, -0.2) is 13.4 Å². The van der Waals surface area contributed by atoms with E-state index in [2.05, 4.69) is 10.3 Å². The van der Waals surface area contributed by atoms with Crippen LogP contribution < -0.4 is 10.2 Å². The van der Waals surface area contributed by atoms with Crippen molar-refractivity contribution in [2.24, 2.45) is 0 Å². The Morgan fingerprint density at radius 1 is 1.00 bits per heavy atom. The lowest BCUT2D eigenvalue weighted by molar-refractivity contribution is 0.0659. The maximum Gasteiger partial charge on any atom is 0.269 e. The van der Waals surface area contributed by atoms with Crippen LogP contribution in [0.25, 0.3) is 0 Å². The number of methoxy groups -OCH3 is 1. The van der Waals surface area contributed by atoms with E-state index < -0.39 is 10.0 Å². The Morgan fingerprint density at radius 3 is 2.25 bits per heavy atom. The second-order valence-electron chi connectivity index (χ2n) is 7.41. The molecule has 9 heteroatoms. The van der Waals surface area contributed by atoms with E-state index >= 15 is 0 Å². The molecule has 28 heavy (non-hydrogen) atoms. The molecule has 0 atom stereocenters. The maximum atomic E-state index is 13.1. The summed E-state index contributed by atoms with van der Waals surface area (Å²) in [5.41, 5.74) is 3.11. The van der Waals surface area contributed by atoms with Crippen molar-refractivity contribution < 1.29 is 17.9 Å². The van der Waals surface area contributed by atoms with E-state index in [9.17, 15) is 13.2 Å². The van der Waals surface area contributed by atoms with Crippen LogP contribution in [0.3, 0.4) is 0 Å². The fourth-order valence-electron chi connectivity index (χ4n) is 3.58. The lowest BCUT2D eigenvalue weighted by atomic mass is 10.2. The Morgan fingerprint density at radius 2 is 1.64 bits per heavy atom. The average Bonchev–Trinajstić information content (AvgIpc) is 2.99. The van der Waals surface area contributed by atoms with Crippen LogP contribution in [0, 0.1) is 0 Å². The minimum Gasteiger partial charge on any atom is -0.496 e. The van der Waals surface area contributed by atoms with Gasteiger partial charge >= 0.3 is 0 Å². The third kappa shape index (κ3) is 4.83. The van der Waals surface area contributed by atoms with Crippen LogP contribution in [0.4, 0.5) is 0 Å². The standard InChI is InChI=1S/C19H30N4O4S/c1-21-11-13-22(14-12-21)20-19(24)17-15-16(7-8-18(17)27-2)28(25,26)23-9-5-3-4-6-10-23/h7-8,15H,3-6,9-14H2,1-2H3,(H,20,24). The molecular weight excluding hydrogens is 380 g/mol. The molecular formula is C19H30N4O4S. The summed E-state index contributed by atoms with van der Waals surface area (Å²) < 4.78 is 33.0. The van der Waals surface area contributed by atoms with Gasteiger partial charge in [-0.2, -0.15) is 4.31 Å². The number of benzene rings is 1. The number of ether oxygens (including phenoxy) is 1. The number of nitrogens with zero attached hydrogens (tertiary/aromatic N) is 3. The zero-order valence-corrected chi connectivity index (χ0v) is 17.5. The molecule has 3 rings (SSSR count). The summed E-state index contributed by atoms with van der Waals surface area (Å²) in [6.45, 7) is 4.21. The van der Waals surface area contributed by atoms with Crippen LogP contribution in [-0.2, 0) is 10.0 Å². The lowest BCUT2D eigenvalue weighted by Gasteiger charge is -2.32. The van der Waals surface area contributed by atoms with Crippen LogP contribution in [0.5, 0.6) is 5.75 Å². The van der Waals surface area contributed by atoms with E-state index in [4.69, 9.17) is 4.74 Å². The number of carbonyl (C=O) groups is 1. The second-order valence-corrected chi connectivity index (χ2v) is 9.35. The molecule has 2 aliphatic heterocycles. The van der Waals surface area contributed by atoms with Crippen molar-refractivity contribution in [2.75, 3.05) is 53.4 Å². The Balaban J connectivity index is 1.82. The van der Waals surface area contributed by atoms with Gasteiger partial charge in [0.05, 0.1) is 17.6 Å². The highest BCUT2D eigenvalue weighted by molar-refractivity contribution is 7.89. The summed E-state index contributed by atoms with van der Waals surface area (Å²) in [4.78, 5) is 15.2. The number of nitrogens with one attached hydrogen (secondary N) is 1. The molecule has 1 amide bonds. The number of amides is 1. The van der Waals surface area contributed by atoms with Crippen LogP contribution in [0.15, 0.2) is 23.1 Å².